The Hall–Kier alpha value is -2.15. The molecule has 2 aromatic rings. The van der Waals surface area contributed by atoms with Gasteiger partial charge in [-0.05, 0) is 31.0 Å². The zero-order valence-corrected chi connectivity index (χ0v) is 12.8. The van der Waals surface area contributed by atoms with Crippen LogP contribution in [0.25, 0.3) is 0 Å². The normalized spacial score (nSPS) is 11.1. The third-order valence-electron chi connectivity index (χ3n) is 2.73. The lowest BCUT2D eigenvalue weighted by Crippen LogP contribution is -2.14. The molecule has 0 aliphatic carbocycles. The highest BCUT2D eigenvalue weighted by Crippen LogP contribution is 2.17. The molecule has 7 heteroatoms. The molecule has 2 heterocycles. The SMILES string of the molecule is CCCNc1cc(S(=O)(=O)Nc2cncc(C)c2)ccn1. The monoisotopic (exact) mass is 306 g/mol. The molecule has 6 nitrogen and oxygen atoms in total. The van der Waals surface area contributed by atoms with Crippen LogP contribution in [-0.2, 0) is 10.0 Å². The van der Waals surface area contributed by atoms with Gasteiger partial charge in [0.25, 0.3) is 10.0 Å². The zero-order valence-electron chi connectivity index (χ0n) is 12.0. The van der Waals surface area contributed by atoms with E-state index in [4.69, 9.17) is 0 Å². The predicted molar refractivity (Wildman–Crippen MR) is 82.8 cm³/mol. The quantitative estimate of drug-likeness (QED) is 0.856. The number of sulfonamides is 1. The van der Waals surface area contributed by atoms with Crippen molar-refractivity contribution in [1.82, 2.24) is 9.97 Å². The fraction of sp³-hybridized carbons (Fsp3) is 0.286. The minimum Gasteiger partial charge on any atom is -0.370 e. The summed E-state index contributed by atoms with van der Waals surface area (Å²) in [5.74, 6) is 0.544. The first-order valence-corrected chi connectivity index (χ1v) is 8.14. The summed E-state index contributed by atoms with van der Waals surface area (Å²) in [5.41, 5.74) is 1.32. The average Bonchev–Trinajstić information content (AvgIpc) is 2.45. The van der Waals surface area contributed by atoms with E-state index in [0.717, 1.165) is 18.5 Å². The highest BCUT2D eigenvalue weighted by Gasteiger charge is 2.15. The first-order chi connectivity index (χ1) is 10.0. The number of aryl methyl sites for hydroxylation is 1. The van der Waals surface area contributed by atoms with E-state index >= 15 is 0 Å². The van der Waals surface area contributed by atoms with Gasteiger partial charge in [0.2, 0.25) is 0 Å². The van der Waals surface area contributed by atoms with E-state index in [0.29, 0.717) is 11.5 Å². The maximum absolute atomic E-state index is 12.3. The molecule has 0 atom stereocenters. The van der Waals surface area contributed by atoms with E-state index in [2.05, 4.69) is 20.0 Å². The van der Waals surface area contributed by atoms with Gasteiger partial charge in [-0.25, -0.2) is 13.4 Å². The van der Waals surface area contributed by atoms with Crippen molar-refractivity contribution in [3.63, 3.8) is 0 Å². The van der Waals surface area contributed by atoms with Crippen LogP contribution >= 0.6 is 0 Å². The first kappa shape index (κ1) is 15.2. The van der Waals surface area contributed by atoms with Crippen LogP contribution in [0.2, 0.25) is 0 Å². The van der Waals surface area contributed by atoms with Gasteiger partial charge in [-0.15, -0.1) is 0 Å². The molecule has 0 amide bonds. The second kappa shape index (κ2) is 6.53. The predicted octanol–water partition coefficient (Wildman–Crippen LogP) is 2.41. The number of aromatic nitrogens is 2. The summed E-state index contributed by atoms with van der Waals surface area (Å²) in [6, 6.07) is 4.70. The fourth-order valence-corrected chi connectivity index (χ4v) is 2.80. The van der Waals surface area contributed by atoms with Crippen molar-refractivity contribution in [3.8, 4) is 0 Å². The summed E-state index contributed by atoms with van der Waals surface area (Å²) in [6.07, 6.45) is 5.55. The molecule has 0 saturated carbocycles. The van der Waals surface area contributed by atoms with Crippen LogP contribution in [0.5, 0.6) is 0 Å². The molecule has 2 N–H and O–H groups in total. The minimum absolute atomic E-state index is 0.164. The number of hydrogen-bond acceptors (Lipinski definition) is 5. The molecule has 0 saturated heterocycles. The maximum atomic E-state index is 12.3. The number of pyridine rings is 2. The van der Waals surface area contributed by atoms with Crippen molar-refractivity contribution in [1.29, 1.82) is 0 Å². The van der Waals surface area contributed by atoms with Crippen LogP contribution in [0.1, 0.15) is 18.9 Å². The molecule has 112 valence electrons. The summed E-state index contributed by atoms with van der Waals surface area (Å²) in [5, 5.41) is 3.06. The molecular formula is C14H18N4O2S. The van der Waals surface area contributed by atoms with E-state index < -0.39 is 10.0 Å². The summed E-state index contributed by atoms with van der Waals surface area (Å²) in [6.45, 7) is 4.62. The first-order valence-electron chi connectivity index (χ1n) is 6.65. The van der Waals surface area contributed by atoms with E-state index in [9.17, 15) is 8.42 Å². The highest BCUT2D eigenvalue weighted by atomic mass is 32.2. The van der Waals surface area contributed by atoms with Gasteiger partial charge in [0.05, 0.1) is 16.8 Å². The van der Waals surface area contributed by atoms with Crippen LogP contribution in [0.15, 0.2) is 41.7 Å². The molecule has 21 heavy (non-hydrogen) atoms. The number of nitrogens with zero attached hydrogens (tertiary/aromatic N) is 2. The highest BCUT2D eigenvalue weighted by molar-refractivity contribution is 7.92. The Labute approximate surface area is 124 Å². The third kappa shape index (κ3) is 4.16. The maximum Gasteiger partial charge on any atom is 0.262 e. The van der Waals surface area contributed by atoms with Crippen molar-refractivity contribution in [3.05, 3.63) is 42.4 Å². The van der Waals surface area contributed by atoms with E-state index in [1.54, 1.807) is 12.3 Å². The third-order valence-corrected chi connectivity index (χ3v) is 4.10. The van der Waals surface area contributed by atoms with Crippen molar-refractivity contribution >= 4 is 21.5 Å². The Morgan fingerprint density at radius 3 is 2.76 bits per heavy atom. The molecule has 0 aliphatic rings. The second-order valence-corrected chi connectivity index (χ2v) is 6.34. The van der Waals surface area contributed by atoms with Crippen molar-refractivity contribution in [2.75, 3.05) is 16.6 Å². The molecular weight excluding hydrogens is 288 g/mol. The number of anilines is 2. The summed E-state index contributed by atoms with van der Waals surface area (Å²) in [4.78, 5) is 8.23. The Balaban J connectivity index is 2.23. The standard InChI is InChI=1S/C14H18N4O2S/c1-3-5-16-14-8-13(4-6-17-14)21(19,20)18-12-7-11(2)9-15-10-12/h4,6-10,18H,3,5H2,1-2H3,(H,16,17). The van der Waals surface area contributed by atoms with Crippen LogP contribution in [0.3, 0.4) is 0 Å². The lowest BCUT2D eigenvalue weighted by Gasteiger charge is -2.10. The van der Waals surface area contributed by atoms with Gasteiger partial charge < -0.3 is 5.32 Å². The molecule has 0 bridgehead atoms. The number of hydrogen-bond donors (Lipinski definition) is 2. The summed E-state index contributed by atoms with van der Waals surface area (Å²) >= 11 is 0. The van der Waals surface area contributed by atoms with Crippen molar-refractivity contribution in [2.24, 2.45) is 0 Å². The lowest BCUT2D eigenvalue weighted by molar-refractivity contribution is 0.601. The lowest BCUT2D eigenvalue weighted by atomic mass is 10.3. The summed E-state index contributed by atoms with van der Waals surface area (Å²) < 4.78 is 27.2. The topological polar surface area (TPSA) is 84.0 Å². The van der Waals surface area contributed by atoms with Crippen LogP contribution in [-0.4, -0.2) is 24.9 Å². The van der Waals surface area contributed by atoms with Crippen molar-refractivity contribution in [2.45, 2.75) is 25.2 Å². The number of rotatable bonds is 6. The summed E-state index contributed by atoms with van der Waals surface area (Å²) in [7, 11) is -3.65. The molecule has 0 unspecified atom stereocenters. The Bertz CT molecular complexity index is 716. The van der Waals surface area contributed by atoms with Gasteiger partial charge in [-0.2, -0.15) is 0 Å². The van der Waals surface area contributed by atoms with Crippen molar-refractivity contribution < 1.29 is 8.42 Å². The zero-order chi connectivity index (χ0) is 15.3. The van der Waals surface area contributed by atoms with Crippen LogP contribution < -0.4 is 10.0 Å². The van der Waals surface area contributed by atoms with Gasteiger partial charge in [-0.1, -0.05) is 6.92 Å². The molecule has 0 aromatic carbocycles. The molecule has 0 spiro atoms. The Morgan fingerprint density at radius 1 is 1.24 bits per heavy atom. The van der Waals surface area contributed by atoms with Gasteiger partial charge in [-0.3, -0.25) is 9.71 Å². The van der Waals surface area contributed by atoms with Gasteiger partial charge in [0.15, 0.2) is 0 Å². The van der Waals surface area contributed by atoms with E-state index in [1.807, 2.05) is 13.8 Å². The smallest absolute Gasteiger partial charge is 0.262 e. The van der Waals surface area contributed by atoms with E-state index in [-0.39, 0.29) is 4.90 Å². The molecule has 2 rings (SSSR count). The largest absolute Gasteiger partial charge is 0.370 e. The Morgan fingerprint density at radius 2 is 2.05 bits per heavy atom. The molecule has 0 radical (unpaired) electrons. The van der Waals surface area contributed by atoms with Gasteiger partial charge in [0.1, 0.15) is 5.82 Å². The number of nitrogens with one attached hydrogen (secondary N) is 2. The van der Waals surface area contributed by atoms with Gasteiger partial charge in [0, 0.05) is 25.0 Å². The van der Waals surface area contributed by atoms with E-state index in [1.165, 1.54) is 24.5 Å². The molecule has 0 aliphatic heterocycles. The fourth-order valence-electron chi connectivity index (χ4n) is 1.75. The second-order valence-electron chi connectivity index (χ2n) is 4.66. The van der Waals surface area contributed by atoms with Crippen LogP contribution in [0.4, 0.5) is 11.5 Å². The average molecular weight is 306 g/mol. The minimum atomic E-state index is -3.65. The molecule has 2 aromatic heterocycles. The van der Waals surface area contributed by atoms with Gasteiger partial charge >= 0.3 is 0 Å². The van der Waals surface area contributed by atoms with Crippen LogP contribution in [0, 0.1) is 6.92 Å². The molecule has 0 fully saturated rings. The Kier molecular flexibility index (Phi) is 4.74.